The molecule has 2 atom stereocenters. The Labute approximate surface area is 127 Å². The average molecular weight is 298 g/mol. The molecule has 0 saturated heterocycles. The van der Waals surface area contributed by atoms with Crippen LogP contribution in [0.1, 0.15) is 41.5 Å². The molecule has 0 aliphatic heterocycles. The highest BCUT2D eigenvalue weighted by Crippen LogP contribution is 2.27. The first-order chi connectivity index (χ1) is 8.92. The number of hydrogen-bond acceptors (Lipinski definition) is 3. The minimum absolute atomic E-state index is 0. The second kappa shape index (κ2) is 8.18. The van der Waals surface area contributed by atoms with Crippen molar-refractivity contribution >= 4 is 24.5 Å². The number of carbonyl (C=O) groups is 2. The van der Waals surface area contributed by atoms with E-state index in [2.05, 4.69) is 0 Å². The minimum Gasteiger partial charge on any atom is -0.330 e. The molecule has 2 N–H and O–H groups in total. The number of benzene rings is 1. The summed E-state index contributed by atoms with van der Waals surface area (Å²) >= 11 is 0. The van der Waals surface area contributed by atoms with Crippen LogP contribution in [0.3, 0.4) is 0 Å². The zero-order chi connectivity index (χ0) is 14.6. The minimum atomic E-state index is -0.665. The third-order valence-electron chi connectivity index (χ3n) is 3.58. The van der Waals surface area contributed by atoms with E-state index in [1.54, 1.807) is 0 Å². The predicted molar refractivity (Wildman–Crippen MR) is 84.5 cm³/mol. The van der Waals surface area contributed by atoms with Crippen LogP contribution in [0.5, 0.6) is 0 Å². The Kier molecular flexibility index (Phi) is 7.69. The van der Waals surface area contributed by atoms with E-state index in [9.17, 15) is 9.59 Å². The highest BCUT2D eigenvalue weighted by atomic mass is 35.5. The molecular formula is C16H24ClNO2. The third kappa shape index (κ3) is 4.15. The van der Waals surface area contributed by atoms with Crippen LogP contribution in [-0.2, 0) is 9.59 Å². The van der Waals surface area contributed by atoms with Crippen LogP contribution in [0.15, 0.2) is 12.1 Å². The lowest BCUT2D eigenvalue weighted by Gasteiger charge is -2.19. The van der Waals surface area contributed by atoms with Crippen LogP contribution >= 0.6 is 12.4 Å². The van der Waals surface area contributed by atoms with Gasteiger partial charge >= 0.3 is 0 Å². The van der Waals surface area contributed by atoms with E-state index < -0.39 is 5.92 Å². The highest BCUT2D eigenvalue weighted by Gasteiger charge is 2.27. The summed E-state index contributed by atoms with van der Waals surface area (Å²) < 4.78 is 0. The molecule has 20 heavy (non-hydrogen) atoms. The van der Waals surface area contributed by atoms with E-state index in [-0.39, 0.29) is 24.1 Å². The van der Waals surface area contributed by atoms with Crippen molar-refractivity contribution in [1.29, 1.82) is 0 Å². The zero-order valence-corrected chi connectivity index (χ0v) is 13.4. The molecule has 0 aliphatic rings. The van der Waals surface area contributed by atoms with Crippen LogP contribution in [0, 0.1) is 26.7 Å². The maximum atomic E-state index is 12.4. The van der Waals surface area contributed by atoms with Gasteiger partial charge < -0.3 is 10.5 Å². The molecule has 0 radical (unpaired) electrons. The molecule has 1 aromatic rings. The summed E-state index contributed by atoms with van der Waals surface area (Å²) in [6.07, 6.45) is 1.38. The fraction of sp³-hybridized carbons (Fsp3) is 0.500. The quantitative estimate of drug-likeness (QED) is 0.649. The van der Waals surface area contributed by atoms with Crippen LogP contribution < -0.4 is 5.73 Å². The van der Waals surface area contributed by atoms with Crippen molar-refractivity contribution in [3.8, 4) is 0 Å². The summed E-state index contributed by atoms with van der Waals surface area (Å²) in [5.41, 5.74) is 9.49. The smallest absolute Gasteiger partial charge is 0.150 e. The summed E-state index contributed by atoms with van der Waals surface area (Å²) in [6.45, 7) is 8.22. The number of halogens is 1. The lowest BCUT2D eigenvalue weighted by molar-refractivity contribution is -0.127. The van der Waals surface area contributed by atoms with Gasteiger partial charge in [-0.2, -0.15) is 0 Å². The largest absolute Gasteiger partial charge is 0.330 e. The molecule has 1 rings (SSSR count). The number of Topliss-reactive ketones (excluding diaryl/α,β-unsaturated/α-hetero) is 1. The van der Waals surface area contributed by atoms with Crippen LogP contribution in [0.25, 0.3) is 0 Å². The summed E-state index contributed by atoms with van der Waals surface area (Å²) in [5, 5.41) is 0. The monoisotopic (exact) mass is 297 g/mol. The molecule has 1 aromatic carbocycles. The molecule has 0 fully saturated rings. The molecule has 2 unspecified atom stereocenters. The fourth-order valence-electron chi connectivity index (χ4n) is 2.66. The van der Waals surface area contributed by atoms with Crippen molar-refractivity contribution in [1.82, 2.24) is 0 Å². The van der Waals surface area contributed by atoms with E-state index in [4.69, 9.17) is 5.73 Å². The van der Waals surface area contributed by atoms with Crippen molar-refractivity contribution in [3.05, 3.63) is 34.4 Å². The fourth-order valence-corrected chi connectivity index (χ4v) is 2.66. The third-order valence-corrected chi connectivity index (χ3v) is 3.58. The molecule has 0 aliphatic carbocycles. The molecule has 0 spiro atoms. The van der Waals surface area contributed by atoms with Gasteiger partial charge in [-0.05, 0) is 50.4 Å². The Morgan fingerprint density at radius 3 is 2.15 bits per heavy atom. The van der Waals surface area contributed by atoms with Gasteiger partial charge in [-0.25, -0.2) is 0 Å². The summed E-state index contributed by atoms with van der Waals surface area (Å²) in [4.78, 5) is 23.8. The van der Waals surface area contributed by atoms with Gasteiger partial charge in [-0.15, -0.1) is 12.4 Å². The number of aryl methyl sites for hydroxylation is 3. The second-order valence-corrected chi connectivity index (χ2v) is 5.31. The Hall–Kier alpha value is -1.19. The molecule has 0 bridgehead atoms. The SMILES string of the molecule is Cc1cc(C)c(C(C=O)C(=O)C(C)CCN)c(C)c1.Cl. The summed E-state index contributed by atoms with van der Waals surface area (Å²) in [6, 6.07) is 4.03. The molecular weight excluding hydrogens is 274 g/mol. The first-order valence-electron chi connectivity index (χ1n) is 6.69. The van der Waals surface area contributed by atoms with Gasteiger partial charge in [-0.1, -0.05) is 24.6 Å². The molecule has 4 heteroatoms. The standard InChI is InChI=1S/C16H23NO2.ClH/c1-10-7-12(3)15(13(4)8-10)14(9-18)16(19)11(2)5-6-17;/h7-9,11,14H,5-6,17H2,1-4H3;1H. The first-order valence-corrected chi connectivity index (χ1v) is 6.69. The van der Waals surface area contributed by atoms with Crippen molar-refractivity contribution < 1.29 is 9.59 Å². The van der Waals surface area contributed by atoms with Crippen molar-refractivity contribution in [2.45, 2.75) is 40.0 Å². The maximum absolute atomic E-state index is 12.4. The Morgan fingerprint density at radius 2 is 1.75 bits per heavy atom. The summed E-state index contributed by atoms with van der Waals surface area (Å²) in [7, 11) is 0. The number of carbonyl (C=O) groups excluding carboxylic acids is 2. The number of ketones is 1. The Bertz CT molecular complexity index is 462. The average Bonchev–Trinajstić information content (AvgIpc) is 2.33. The summed E-state index contributed by atoms with van der Waals surface area (Å²) in [5.74, 6) is -0.877. The van der Waals surface area contributed by atoms with Crippen LogP contribution in [0.4, 0.5) is 0 Å². The van der Waals surface area contributed by atoms with E-state index in [0.29, 0.717) is 13.0 Å². The van der Waals surface area contributed by atoms with E-state index in [1.807, 2.05) is 39.8 Å². The van der Waals surface area contributed by atoms with Gasteiger partial charge in [0.25, 0.3) is 0 Å². The van der Waals surface area contributed by atoms with Gasteiger partial charge in [0.1, 0.15) is 12.1 Å². The highest BCUT2D eigenvalue weighted by molar-refractivity contribution is 6.00. The van der Waals surface area contributed by atoms with Crippen molar-refractivity contribution in [2.24, 2.45) is 11.7 Å². The predicted octanol–water partition coefficient (Wildman–Crippen LogP) is 2.87. The number of hydrogen-bond donors (Lipinski definition) is 1. The van der Waals surface area contributed by atoms with E-state index in [1.165, 1.54) is 0 Å². The topological polar surface area (TPSA) is 60.2 Å². The van der Waals surface area contributed by atoms with Gasteiger partial charge in [0.2, 0.25) is 0 Å². The van der Waals surface area contributed by atoms with E-state index in [0.717, 1.165) is 28.5 Å². The van der Waals surface area contributed by atoms with Crippen molar-refractivity contribution in [3.63, 3.8) is 0 Å². The van der Waals surface area contributed by atoms with Gasteiger partial charge in [-0.3, -0.25) is 4.79 Å². The molecule has 0 amide bonds. The zero-order valence-electron chi connectivity index (χ0n) is 12.6. The normalized spacial score (nSPS) is 13.2. The van der Waals surface area contributed by atoms with Gasteiger partial charge in [0.05, 0.1) is 5.92 Å². The molecule has 0 saturated carbocycles. The van der Waals surface area contributed by atoms with Gasteiger partial charge in [0, 0.05) is 5.92 Å². The lowest BCUT2D eigenvalue weighted by Crippen LogP contribution is -2.24. The second-order valence-electron chi connectivity index (χ2n) is 5.31. The number of nitrogens with two attached hydrogens (primary N) is 1. The maximum Gasteiger partial charge on any atom is 0.150 e. The number of aldehydes is 1. The Morgan fingerprint density at radius 1 is 1.25 bits per heavy atom. The molecule has 0 heterocycles. The van der Waals surface area contributed by atoms with Crippen LogP contribution in [0.2, 0.25) is 0 Å². The lowest BCUT2D eigenvalue weighted by atomic mass is 9.83. The molecule has 0 aromatic heterocycles. The molecule has 112 valence electrons. The van der Waals surface area contributed by atoms with Crippen molar-refractivity contribution in [2.75, 3.05) is 6.54 Å². The number of rotatable bonds is 6. The Balaban J connectivity index is 0.00000361. The first kappa shape index (κ1) is 18.8. The molecule has 3 nitrogen and oxygen atoms in total. The van der Waals surface area contributed by atoms with Gasteiger partial charge in [0.15, 0.2) is 0 Å². The van der Waals surface area contributed by atoms with Crippen LogP contribution in [-0.4, -0.2) is 18.6 Å². The van der Waals surface area contributed by atoms with E-state index >= 15 is 0 Å².